The van der Waals surface area contributed by atoms with Gasteiger partial charge in [-0.05, 0) is 18.4 Å². The van der Waals surface area contributed by atoms with Gasteiger partial charge in [0.05, 0.1) is 0 Å². The van der Waals surface area contributed by atoms with E-state index in [9.17, 15) is 10.2 Å². The zero-order valence-corrected chi connectivity index (χ0v) is 9.60. The van der Waals surface area contributed by atoms with E-state index in [2.05, 4.69) is 0 Å². The number of hydrogen-bond donors (Lipinski definition) is 2. The van der Waals surface area contributed by atoms with Crippen LogP contribution in [0.15, 0.2) is 30.3 Å². The van der Waals surface area contributed by atoms with Crippen LogP contribution in [0, 0.1) is 5.92 Å². The molecule has 0 aromatic heterocycles. The lowest BCUT2D eigenvalue weighted by Crippen LogP contribution is -2.41. The molecule has 0 spiro atoms. The predicted molar refractivity (Wildman–Crippen MR) is 63.9 cm³/mol. The zero-order chi connectivity index (χ0) is 11.4. The summed E-state index contributed by atoms with van der Waals surface area (Å²) in [7, 11) is 0. The van der Waals surface area contributed by atoms with Crippen LogP contribution in [-0.4, -0.2) is 16.0 Å². The molecule has 0 atom stereocenters. The maximum absolute atomic E-state index is 10.1. The van der Waals surface area contributed by atoms with E-state index in [0.29, 0.717) is 6.42 Å². The molecule has 0 heterocycles. The Morgan fingerprint density at radius 3 is 2.25 bits per heavy atom. The first kappa shape index (κ1) is 11.6. The topological polar surface area (TPSA) is 40.5 Å². The highest BCUT2D eigenvalue weighted by Gasteiger charge is 2.34. The molecule has 1 aromatic rings. The summed E-state index contributed by atoms with van der Waals surface area (Å²) in [4.78, 5) is 0. The number of hydrogen-bond acceptors (Lipinski definition) is 2. The van der Waals surface area contributed by atoms with Gasteiger partial charge < -0.3 is 10.2 Å². The highest BCUT2D eigenvalue weighted by molar-refractivity contribution is 5.16. The van der Waals surface area contributed by atoms with Crippen molar-refractivity contribution in [1.82, 2.24) is 0 Å². The average molecular weight is 220 g/mol. The summed E-state index contributed by atoms with van der Waals surface area (Å²) in [5.74, 6) is -1.48. The molecule has 1 saturated carbocycles. The normalized spacial score (nSPS) is 18.6. The third-order valence-electron chi connectivity index (χ3n) is 3.57. The van der Waals surface area contributed by atoms with Crippen molar-refractivity contribution < 1.29 is 10.2 Å². The van der Waals surface area contributed by atoms with Gasteiger partial charge in [0.2, 0.25) is 0 Å². The quantitative estimate of drug-likeness (QED) is 0.768. The Morgan fingerprint density at radius 1 is 1.00 bits per heavy atom. The molecule has 0 amide bonds. The van der Waals surface area contributed by atoms with E-state index in [0.717, 1.165) is 31.2 Å². The molecule has 0 unspecified atom stereocenters. The van der Waals surface area contributed by atoms with Gasteiger partial charge >= 0.3 is 0 Å². The minimum atomic E-state index is -1.53. The summed E-state index contributed by atoms with van der Waals surface area (Å²) >= 11 is 0. The molecule has 2 N–H and O–H groups in total. The van der Waals surface area contributed by atoms with Gasteiger partial charge in [0, 0.05) is 12.3 Å². The Kier molecular flexibility index (Phi) is 3.62. The van der Waals surface area contributed by atoms with E-state index in [1.165, 1.54) is 6.42 Å². The summed E-state index contributed by atoms with van der Waals surface area (Å²) in [6, 6.07) is 9.72. The number of benzene rings is 1. The van der Waals surface area contributed by atoms with Gasteiger partial charge in [-0.3, -0.25) is 0 Å². The SMILES string of the molecule is OC(O)(Cc1ccccc1)C1CCCCC1. The summed E-state index contributed by atoms with van der Waals surface area (Å²) in [6.45, 7) is 0. The molecular formula is C14H20O2. The monoisotopic (exact) mass is 220 g/mol. The molecule has 1 aromatic carbocycles. The van der Waals surface area contributed by atoms with Gasteiger partial charge in [-0.25, -0.2) is 0 Å². The predicted octanol–water partition coefficient (Wildman–Crippen LogP) is 2.49. The van der Waals surface area contributed by atoms with E-state index in [4.69, 9.17) is 0 Å². The summed E-state index contributed by atoms with van der Waals surface area (Å²) in [5, 5.41) is 20.3. The van der Waals surface area contributed by atoms with Crippen LogP contribution >= 0.6 is 0 Å². The maximum Gasteiger partial charge on any atom is 0.169 e. The third-order valence-corrected chi connectivity index (χ3v) is 3.57. The smallest absolute Gasteiger partial charge is 0.169 e. The van der Waals surface area contributed by atoms with E-state index >= 15 is 0 Å². The maximum atomic E-state index is 10.1. The fourth-order valence-corrected chi connectivity index (χ4v) is 2.61. The molecule has 2 rings (SSSR count). The highest BCUT2D eigenvalue weighted by Crippen LogP contribution is 2.33. The van der Waals surface area contributed by atoms with Crippen LogP contribution in [0.5, 0.6) is 0 Å². The Hall–Kier alpha value is -0.860. The molecule has 88 valence electrons. The molecule has 16 heavy (non-hydrogen) atoms. The van der Waals surface area contributed by atoms with Gasteiger partial charge in [0.1, 0.15) is 0 Å². The lowest BCUT2D eigenvalue weighted by atomic mass is 9.81. The molecule has 2 heteroatoms. The van der Waals surface area contributed by atoms with Gasteiger partial charge in [-0.15, -0.1) is 0 Å². The molecule has 2 nitrogen and oxygen atoms in total. The fraction of sp³-hybridized carbons (Fsp3) is 0.571. The third kappa shape index (κ3) is 2.83. The lowest BCUT2D eigenvalue weighted by Gasteiger charge is -2.34. The van der Waals surface area contributed by atoms with E-state index in [1.54, 1.807) is 0 Å². The largest absolute Gasteiger partial charge is 0.365 e. The first-order chi connectivity index (χ1) is 7.68. The van der Waals surface area contributed by atoms with Crippen LogP contribution in [0.25, 0.3) is 0 Å². The summed E-state index contributed by atoms with van der Waals surface area (Å²) in [5.41, 5.74) is 0.998. The minimum absolute atomic E-state index is 0.0430. The van der Waals surface area contributed by atoms with Crippen LogP contribution in [0.2, 0.25) is 0 Å². The van der Waals surface area contributed by atoms with Crippen molar-refractivity contribution in [1.29, 1.82) is 0 Å². The molecule has 1 aliphatic rings. The molecule has 1 aliphatic carbocycles. The Balaban J connectivity index is 2.01. The lowest BCUT2D eigenvalue weighted by molar-refractivity contribution is -0.205. The molecule has 0 saturated heterocycles. The van der Waals surface area contributed by atoms with Crippen LogP contribution in [0.4, 0.5) is 0 Å². The van der Waals surface area contributed by atoms with E-state index in [1.807, 2.05) is 30.3 Å². The molecule has 0 radical (unpaired) electrons. The summed E-state index contributed by atoms with van der Waals surface area (Å²) in [6.07, 6.45) is 5.72. The van der Waals surface area contributed by atoms with Gasteiger partial charge in [0.25, 0.3) is 0 Å². The van der Waals surface area contributed by atoms with E-state index < -0.39 is 5.79 Å². The fourth-order valence-electron chi connectivity index (χ4n) is 2.61. The van der Waals surface area contributed by atoms with Gasteiger partial charge in [-0.2, -0.15) is 0 Å². The minimum Gasteiger partial charge on any atom is -0.365 e. The van der Waals surface area contributed by atoms with Crippen molar-refractivity contribution in [3.63, 3.8) is 0 Å². The van der Waals surface area contributed by atoms with Crippen LogP contribution in [-0.2, 0) is 6.42 Å². The first-order valence-electron chi connectivity index (χ1n) is 6.17. The van der Waals surface area contributed by atoms with Crippen LogP contribution < -0.4 is 0 Å². The second kappa shape index (κ2) is 4.98. The van der Waals surface area contributed by atoms with Crippen LogP contribution in [0.3, 0.4) is 0 Å². The molecular weight excluding hydrogens is 200 g/mol. The number of aliphatic hydroxyl groups is 2. The van der Waals surface area contributed by atoms with Crippen molar-refractivity contribution in [3.05, 3.63) is 35.9 Å². The van der Waals surface area contributed by atoms with Crippen molar-refractivity contribution in [3.8, 4) is 0 Å². The van der Waals surface area contributed by atoms with Gasteiger partial charge in [-0.1, -0.05) is 49.6 Å². The Labute approximate surface area is 96.9 Å². The second-order valence-corrected chi connectivity index (χ2v) is 4.88. The highest BCUT2D eigenvalue weighted by atomic mass is 16.5. The van der Waals surface area contributed by atoms with Crippen molar-refractivity contribution in [2.45, 2.75) is 44.3 Å². The first-order valence-corrected chi connectivity index (χ1v) is 6.17. The number of rotatable bonds is 3. The average Bonchev–Trinajstić information content (AvgIpc) is 2.31. The van der Waals surface area contributed by atoms with Crippen LogP contribution in [0.1, 0.15) is 37.7 Å². The van der Waals surface area contributed by atoms with Crippen molar-refractivity contribution in [2.75, 3.05) is 0 Å². The zero-order valence-electron chi connectivity index (χ0n) is 9.60. The Bertz CT molecular complexity index is 313. The summed E-state index contributed by atoms with van der Waals surface area (Å²) < 4.78 is 0. The Morgan fingerprint density at radius 2 is 1.62 bits per heavy atom. The molecule has 0 aliphatic heterocycles. The molecule has 0 bridgehead atoms. The second-order valence-electron chi connectivity index (χ2n) is 4.88. The molecule has 1 fully saturated rings. The van der Waals surface area contributed by atoms with Crippen molar-refractivity contribution in [2.24, 2.45) is 5.92 Å². The standard InChI is InChI=1S/C14H20O2/c15-14(16,13-9-5-2-6-10-13)11-12-7-3-1-4-8-12/h1,3-4,7-8,13,15-16H,2,5-6,9-11H2. The van der Waals surface area contributed by atoms with Gasteiger partial charge in [0.15, 0.2) is 5.79 Å². The van der Waals surface area contributed by atoms with Crippen molar-refractivity contribution >= 4 is 0 Å². The van der Waals surface area contributed by atoms with E-state index in [-0.39, 0.29) is 5.92 Å².